The summed E-state index contributed by atoms with van der Waals surface area (Å²) in [6, 6.07) is 5.04. The van der Waals surface area contributed by atoms with Gasteiger partial charge in [0.05, 0.1) is 10.0 Å². The molecular formula is C8H8BrFN+. The summed E-state index contributed by atoms with van der Waals surface area (Å²) < 4.78 is 13.5. The van der Waals surface area contributed by atoms with Crippen LogP contribution in [0.3, 0.4) is 0 Å². The zero-order chi connectivity index (χ0) is 8.43. The third-order valence-electron chi connectivity index (χ3n) is 1.38. The second-order valence-corrected chi connectivity index (χ2v) is 3.14. The van der Waals surface area contributed by atoms with Crippen LogP contribution in [-0.4, -0.2) is 5.71 Å². The first-order valence-corrected chi connectivity index (χ1v) is 3.95. The van der Waals surface area contributed by atoms with Crippen molar-refractivity contribution >= 4 is 21.6 Å². The van der Waals surface area contributed by atoms with E-state index in [1.54, 1.807) is 25.1 Å². The molecule has 0 amide bonds. The predicted molar refractivity (Wildman–Crippen MR) is 45.8 cm³/mol. The summed E-state index contributed by atoms with van der Waals surface area (Å²) in [6.45, 7) is 1.67. The second kappa shape index (κ2) is 3.13. The summed E-state index contributed by atoms with van der Waals surface area (Å²) in [5.41, 5.74) is 0.947. The van der Waals surface area contributed by atoms with Crippen LogP contribution in [0.25, 0.3) is 0 Å². The Morgan fingerprint density at radius 3 is 2.64 bits per heavy atom. The smallest absolute Gasteiger partial charge is 0.179 e. The predicted octanol–water partition coefficient (Wildman–Crippen LogP) is 1.16. The molecule has 1 nitrogen and oxygen atoms in total. The van der Waals surface area contributed by atoms with Crippen molar-refractivity contribution in [1.29, 1.82) is 0 Å². The molecule has 1 aromatic rings. The van der Waals surface area contributed by atoms with Crippen LogP contribution >= 0.6 is 15.9 Å². The summed E-state index contributed by atoms with van der Waals surface area (Å²) >= 11 is 3.07. The first-order chi connectivity index (χ1) is 5.13. The van der Waals surface area contributed by atoms with E-state index in [4.69, 9.17) is 5.41 Å². The molecule has 0 aliphatic carbocycles. The number of nitrogens with two attached hydrogens (primary N) is 1. The Bertz CT molecular complexity index is 296. The topological polar surface area (TPSA) is 25.6 Å². The van der Waals surface area contributed by atoms with E-state index in [-0.39, 0.29) is 5.82 Å². The van der Waals surface area contributed by atoms with E-state index in [0.29, 0.717) is 15.7 Å². The molecule has 0 aliphatic rings. The first kappa shape index (κ1) is 8.40. The lowest BCUT2D eigenvalue weighted by molar-refractivity contribution is -0.113. The molecule has 0 atom stereocenters. The lowest BCUT2D eigenvalue weighted by Gasteiger charge is -1.97. The quantitative estimate of drug-likeness (QED) is 0.683. The highest BCUT2D eigenvalue weighted by molar-refractivity contribution is 9.10. The maximum atomic E-state index is 13.1. The average Bonchev–Trinajstić information content (AvgIpc) is 1.94. The number of benzene rings is 1. The number of hydrogen-bond donors (Lipinski definition) is 1. The molecule has 1 aromatic carbocycles. The van der Waals surface area contributed by atoms with Gasteiger partial charge >= 0.3 is 0 Å². The van der Waals surface area contributed by atoms with E-state index in [1.807, 2.05) is 0 Å². The second-order valence-electron chi connectivity index (χ2n) is 2.28. The Morgan fingerprint density at radius 2 is 2.18 bits per heavy atom. The normalized spacial score (nSPS) is 9.73. The van der Waals surface area contributed by atoms with Gasteiger partial charge in [-0.2, -0.15) is 0 Å². The van der Waals surface area contributed by atoms with E-state index in [1.165, 1.54) is 0 Å². The number of hydrogen-bond acceptors (Lipinski definition) is 0. The van der Waals surface area contributed by atoms with Crippen molar-refractivity contribution in [2.75, 3.05) is 0 Å². The summed E-state index contributed by atoms with van der Waals surface area (Å²) in [6.07, 6.45) is 0. The largest absolute Gasteiger partial charge is 0.258 e. The zero-order valence-corrected chi connectivity index (χ0v) is 7.65. The molecule has 2 N–H and O–H groups in total. The van der Waals surface area contributed by atoms with Crippen LogP contribution in [0.5, 0.6) is 0 Å². The van der Waals surface area contributed by atoms with Gasteiger partial charge in [-0.25, -0.2) is 4.39 Å². The van der Waals surface area contributed by atoms with Crippen LogP contribution < -0.4 is 5.41 Å². The number of halogens is 2. The molecule has 58 valence electrons. The van der Waals surface area contributed by atoms with E-state index in [9.17, 15) is 4.39 Å². The maximum absolute atomic E-state index is 13.1. The SMILES string of the molecule is CC(=[NH2+])c1cccc(Br)c1F. The molecule has 0 saturated heterocycles. The molecule has 0 fully saturated rings. The minimum Gasteiger partial charge on any atom is -0.258 e. The lowest BCUT2D eigenvalue weighted by atomic mass is 10.1. The Hall–Kier alpha value is -0.700. The van der Waals surface area contributed by atoms with Gasteiger partial charge in [0.2, 0.25) is 0 Å². The van der Waals surface area contributed by atoms with Gasteiger partial charge in [-0.15, -0.1) is 0 Å². The van der Waals surface area contributed by atoms with Crippen LogP contribution in [-0.2, 0) is 0 Å². The fourth-order valence-corrected chi connectivity index (χ4v) is 1.17. The van der Waals surface area contributed by atoms with Crippen molar-refractivity contribution in [1.82, 2.24) is 0 Å². The molecule has 11 heavy (non-hydrogen) atoms. The van der Waals surface area contributed by atoms with E-state index in [2.05, 4.69) is 15.9 Å². The average molecular weight is 217 g/mol. The summed E-state index contributed by atoms with van der Waals surface area (Å²) in [7, 11) is 0. The Balaban J connectivity index is 3.27. The molecule has 0 saturated carbocycles. The minimum atomic E-state index is -0.299. The molecule has 1 rings (SSSR count). The summed E-state index contributed by atoms with van der Waals surface area (Å²) in [5, 5.41) is 5.44. The molecular weight excluding hydrogens is 209 g/mol. The van der Waals surface area contributed by atoms with E-state index >= 15 is 0 Å². The monoisotopic (exact) mass is 216 g/mol. The highest BCUT2D eigenvalue weighted by atomic mass is 79.9. The van der Waals surface area contributed by atoms with Crippen molar-refractivity contribution in [3.63, 3.8) is 0 Å². The lowest BCUT2D eigenvalue weighted by Crippen LogP contribution is -2.38. The van der Waals surface area contributed by atoms with E-state index in [0.717, 1.165) is 0 Å². The minimum absolute atomic E-state index is 0.299. The molecule has 0 aromatic heterocycles. The summed E-state index contributed by atoms with van der Waals surface area (Å²) in [5.74, 6) is -0.299. The first-order valence-electron chi connectivity index (χ1n) is 3.16. The van der Waals surface area contributed by atoms with Crippen LogP contribution in [0.1, 0.15) is 12.5 Å². The number of rotatable bonds is 1. The van der Waals surface area contributed by atoms with Gasteiger partial charge in [-0.3, -0.25) is 5.41 Å². The van der Waals surface area contributed by atoms with Crippen LogP contribution in [0.15, 0.2) is 22.7 Å². The van der Waals surface area contributed by atoms with Crippen molar-refractivity contribution < 1.29 is 9.80 Å². The highest BCUT2D eigenvalue weighted by Gasteiger charge is 2.09. The van der Waals surface area contributed by atoms with Gasteiger partial charge in [0.25, 0.3) is 0 Å². The fourth-order valence-electron chi connectivity index (χ4n) is 0.808. The Labute approximate surface area is 72.9 Å². The van der Waals surface area contributed by atoms with Crippen LogP contribution in [0.2, 0.25) is 0 Å². The van der Waals surface area contributed by atoms with Gasteiger partial charge in [-0.05, 0) is 28.1 Å². The van der Waals surface area contributed by atoms with Gasteiger partial charge < -0.3 is 0 Å². The molecule has 0 spiro atoms. The molecule has 0 radical (unpaired) electrons. The third kappa shape index (κ3) is 1.66. The maximum Gasteiger partial charge on any atom is 0.179 e. The Morgan fingerprint density at radius 1 is 1.55 bits per heavy atom. The van der Waals surface area contributed by atoms with Crippen molar-refractivity contribution in [3.05, 3.63) is 34.1 Å². The van der Waals surface area contributed by atoms with Crippen LogP contribution in [0, 0.1) is 5.82 Å². The Kier molecular flexibility index (Phi) is 2.39. The zero-order valence-electron chi connectivity index (χ0n) is 6.07. The molecule has 0 aliphatic heterocycles. The van der Waals surface area contributed by atoms with Gasteiger partial charge in [0.15, 0.2) is 11.5 Å². The van der Waals surface area contributed by atoms with Gasteiger partial charge in [0, 0.05) is 6.92 Å². The van der Waals surface area contributed by atoms with Crippen molar-refractivity contribution in [2.45, 2.75) is 6.92 Å². The van der Waals surface area contributed by atoms with Crippen LogP contribution in [0.4, 0.5) is 4.39 Å². The molecule has 0 heterocycles. The molecule has 3 heteroatoms. The van der Waals surface area contributed by atoms with Crippen molar-refractivity contribution in [2.24, 2.45) is 0 Å². The fraction of sp³-hybridized carbons (Fsp3) is 0.125. The highest BCUT2D eigenvalue weighted by Crippen LogP contribution is 2.17. The van der Waals surface area contributed by atoms with Crippen molar-refractivity contribution in [3.8, 4) is 0 Å². The summed E-state index contributed by atoms with van der Waals surface area (Å²) in [4.78, 5) is 0. The van der Waals surface area contributed by atoms with E-state index < -0.39 is 0 Å². The van der Waals surface area contributed by atoms with Gasteiger partial charge in [0.1, 0.15) is 0 Å². The standard InChI is InChI=1S/C8H7BrFN/c1-5(11)6-3-2-4-7(9)8(6)10/h2-4,11H,1H3/p+1. The molecule has 0 bridgehead atoms. The third-order valence-corrected chi connectivity index (χ3v) is 1.99. The van der Waals surface area contributed by atoms with Gasteiger partial charge in [-0.1, -0.05) is 6.07 Å². The molecule has 0 unspecified atom stereocenters.